The third-order valence-electron chi connectivity index (χ3n) is 4.91. The van der Waals surface area contributed by atoms with E-state index in [1.54, 1.807) is 49.9 Å². The van der Waals surface area contributed by atoms with Crippen LogP contribution in [-0.2, 0) is 20.9 Å². The quantitative estimate of drug-likeness (QED) is 0.687. The molecule has 0 atom stereocenters. The highest BCUT2D eigenvalue weighted by Gasteiger charge is 2.31. The third kappa shape index (κ3) is 6.31. The molecule has 0 aliphatic carbocycles. The molecule has 1 saturated heterocycles. The average Bonchev–Trinajstić information content (AvgIpc) is 2.72. The molecule has 1 N–H and O–H groups in total. The SMILES string of the molecule is CC(C)(C)OC(=O)N1CCN(c2ccccc2NS(=O)(=O)c2ccc(C(F)(F)F)cc2)CC1. The van der Waals surface area contributed by atoms with Gasteiger partial charge in [-0.05, 0) is 57.2 Å². The van der Waals surface area contributed by atoms with Crippen molar-refractivity contribution in [3.63, 3.8) is 0 Å². The van der Waals surface area contributed by atoms with Crippen LogP contribution in [0, 0.1) is 0 Å². The normalized spacial score (nSPS) is 15.3. The lowest BCUT2D eigenvalue weighted by atomic mass is 10.2. The molecule has 3 rings (SSSR count). The lowest BCUT2D eigenvalue weighted by molar-refractivity contribution is -0.137. The van der Waals surface area contributed by atoms with Crippen molar-refractivity contribution in [1.82, 2.24) is 4.90 Å². The number of sulfonamides is 1. The minimum Gasteiger partial charge on any atom is -0.444 e. The largest absolute Gasteiger partial charge is 0.444 e. The van der Waals surface area contributed by atoms with E-state index < -0.39 is 33.5 Å². The number of amides is 1. The Morgan fingerprint density at radius 2 is 1.52 bits per heavy atom. The lowest BCUT2D eigenvalue weighted by Crippen LogP contribution is -2.50. The number of carbonyl (C=O) groups is 1. The molecule has 0 unspecified atom stereocenters. The number of hydrogen-bond donors (Lipinski definition) is 1. The van der Waals surface area contributed by atoms with Crippen molar-refractivity contribution in [2.45, 2.75) is 37.4 Å². The molecule has 7 nitrogen and oxygen atoms in total. The molecule has 2 aromatic rings. The van der Waals surface area contributed by atoms with Gasteiger partial charge in [0.15, 0.2) is 0 Å². The van der Waals surface area contributed by atoms with Gasteiger partial charge in [0.2, 0.25) is 0 Å². The number of rotatable bonds is 4. The number of nitrogens with one attached hydrogen (secondary N) is 1. The number of ether oxygens (including phenoxy) is 1. The first-order chi connectivity index (χ1) is 15.3. The number of para-hydroxylation sites is 2. The zero-order valence-electron chi connectivity index (χ0n) is 18.5. The number of alkyl halides is 3. The van der Waals surface area contributed by atoms with Crippen molar-refractivity contribution in [2.75, 3.05) is 35.8 Å². The maximum atomic E-state index is 12.8. The van der Waals surface area contributed by atoms with Crippen LogP contribution in [0.5, 0.6) is 0 Å². The van der Waals surface area contributed by atoms with Crippen LogP contribution in [0.3, 0.4) is 0 Å². The van der Waals surface area contributed by atoms with Crippen molar-refractivity contribution in [3.05, 3.63) is 54.1 Å². The second-order valence-electron chi connectivity index (χ2n) is 8.60. The molecule has 0 bridgehead atoms. The van der Waals surface area contributed by atoms with Gasteiger partial charge in [-0.3, -0.25) is 4.72 Å². The van der Waals surface area contributed by atoms with Gasteiger partial charge in [-0.2, -0.15) is 13.2 Å². The van der Waals surface area contributed by atoms with E-state index in [1.807, 2.05) is 4.90 Å². The number of hydrogen-bond acceptors (Lipinski definition) is 5. The highest BCUT2D eigenvalue weighted by Crippen LogP contribution is 2.32. The van der Waals surface area contributed by atoms with E-state index >= 15 is 0 Å². The summed E-state index contributed by atoms with van der Waals surface area (Å²) in [6.45, 7) is 7.08. The lowest BCUT2D eigenvalue weighted by Gasteiger charge is -2.37. The van der Waals surface area contributed by atoms with Crippen molar-refractivity contribution in [1.29, 1.82) is 0 Å². The predicted molar refractivity (Wildman–Crippen MR) is 119 cm³/mol. The van der Waals surface area contributed by atoms with Gasteiger partial charge < -0.3 is 14.5 Å². The van der Waals surface area contributed by atoms with Crippen LogP contribution >= 0.6 is 0 Å². The van der Waals surface area contributed by atoms with Crippen LogP contribution < -0.4 is 9.62 Å². The Morgan fingerprint density at radius 1 is 0.939 bits per heavy atom. The van der Waals surface area contributed by atoms with Crippen molar-refractivity contribution < 1.29 is 31.1 Å². The van der Waals surface area contributed by atoms with Crippen LogP contribution in [0.4, 0.5) is 29.3 Å². The number of halogens is 3. The van der Waals surface area contributed by atoms with Crippen molar-refractivity contribution in [2.24, 2.45) is 0 Å². The molecule has 1 fully saturated rings. The fraction of sp³-hybridized carbons (Fsp3) is 0.409. The maximum absolute atomic E-state index is 12.8. The van der Waals surface area contributed by atoms with Crippen LogP contribution in [0.2, 0.25) is 0 Å². The minimum atomic E-state index is -4.55. The summed E-state index contributed by atoms with van der Waals surface area (Å²) < 4.78 is 71.8. The van der Waals surface area contributed by atoms with Crippen molar-refractivity contribution >= 4 is 27.5 Å². The molecular weight excluding hydrogens is 459 g/mol. The third-order valence-corrected chi connectivity index (χ3v) is 6.29. The first kappa shape index (κ1) is 24.7. The summed E-state index contributed by atoms with van der Waals surface area (Å²) in [5.74, 6) is 0. The fourth-order valence-electron chi connectivity index (χ4n) is 3.32. The Kier molecular flexibility index (Phi) is 6.83. The molecule has 1 heterocycles. The molecule has 0 radical (unpaired) electrons. The molecule has 0 saturated carbocycles. The number of carbonyl (C=O) groups excluding carboxylic acids is 1. The first-order valence-corrected chi connectivity index (χ1v) is 11.8. The minimum absolute atomic E-state index is 0.278. The zero-order valence-corrected chi connectivity index (χ0v) is 19.3. The van der Waals surface area contributed by atoms with Gasteiger partial charge in [-0.1, -0.05) is 12.1 Å². The van der Waals surface area contributed by atoms with E-state index in [9.17, 15) is 26.4 Å². The van der Waals surface area contributed by atoms with Gasteiger partial charge in [0, 0.05) is 26.2 Å². The van der Waals surface area contributed by atoms with E-state index in [1.165, 1.54) is 0 Å². The van der Waals surface area contributed by atoms with Crippen molar-refractivity contribution in [3.8, 4) is 0 Å². The average molecular weight is 486 g/mol. The second-order valence-corrected chi connectivity index (χ2v) is 10.3. The van der Waals surface area contributed by atoms with Crippen LogP contribution in [0.1, 0.15) is 26.3 Å². The molecule has 1 aliphatic heterocycles. The highest BCUT2D eigenvalue weighted by molar-refractivity contribution is 7.92. The van der Waals surface area contributed by atoms with Crippen LogP contribution in [0.25, 0.3) is 0 Å². The number of benzene rings is 2. The summed E-state index contributed by atoms with van der Waals surface area (Å²) in [4.78, 5) is 15.5. The second kappa shape index (κ2) is 9.12. The van der Waals surface area contributed by atoms with Gasteiger partial charge >= 0.3 is 12.3 Å². The van der Waals surface area contributed by atoms with Crippen LogP contribution in [0.15, 0.2) is 53.4 Å². The Hall–Kier alpha value is -2.95. The van der Waals surface area contributed by atoms with Gasteiger partial charge in [0.25, 0.3) is 10.0 Å². The molecule has 1 amide bonds. The molecule has 33 heavy (non-hydrogen) atoms. The zero-order chi connectivity index (χ0) is 24.4. The van der Waals surface area contributed by atoms with Gasteiger partial charge in [-0.15, -0.1) is 0 Å². The van der Waals surface area contributed by atoms with E-state index in [0.29, 0.717) is 37.6 Å². The molecule has 1 aliphatic rings. The molecule has 0 aromatic heterocycles. The first-order valence-electron chi connectivity index (χ1n) is 10.3. The fourth-order valence-corrected chi connectivity index (χ4v) is 4.39. The topological polar surface area (TPSA) is 79.0 Å². The summed E-state index contributed by atoms with van der Waals surface area (Å²) in [5.41, 5.74) is -0.623. The molecule has 11 heteroatoms. The number of nitrogens with zero attached hydrogens (tertiary/aromatic N) is 2. The number of anilines is 2. The summed E-state index contributed by atoms with van der Waals surface area (Å²) in [5, 5.41) is 0. The summed E-state index contributed by atoms with van der Waals surface area (Å²) in [6, 6.07) is 10.1. The Morgan fingerprint density at radius 3 is 2.06 bits per heavy atom. The summed E-state index contributed by atoms with van der Waals surface area (Å²) in [6.07, 6.45) is -4.96. The predicted octanol–water partition coefficient (Wildman–Crippen LogP) is 4.56. The maximum Gasteiger partial charge on any atom is 0.416 e. The van der Waals surface area contributed by atoms with Gasteiger partial charge in [0.1, 0.15) is 5.60 Å². The molecule has 2 aromatic carbocycles. The van der Waals surface area contributed by atoms with E-state index in [4.69, 9.17) is 4.74 Å². The molecule has 0 spiro atoms. The number of piperazine rings is 1. The van der Waals surface area contributed by atoms with E-state index in [2.05, 4.69) is 4.72 Å². The summed E-state index contributed by atoms with van der Waals surface area (Å²) >= 11 is 0. The van der Waals surface area contributed by atoms with E-state index in [0.717, 1.165) is 24.3 Å². The van der Waals surface area contributed by atoms with Gasteiger partial charge in [-0.25, -0.2) is 13.2 Å². The monoisotopic (exact) mass is 485 g/mol. The Bertz CT molecular complexity index is 1090. The molecule has 180 valence electrons. The smallest absolute Gasteiger partial charge is 0.416 e. The molecular formula is C22H26F3N3O4S. The Balaban J connectivity index is 1.73. The Labute approximate surface area is 191 Å². The van der Waals surface area contributed by atoms with Gasteiger partial charge in [0.05, 0.1) is 21.8 Å². The van der Waals surface area contributed by atoms with E-state index in [-0.39, 0.29) is 4.90 Å². The standard InChI is InChI=1S/C22H26F3N3O4S/c1-21(2,3)32-20(29)28-14-12-27(13-15-28)19-7-5-4-6-18(19)26-33(30,31)17-10-8-16(9-11-17)22(23,24)25/h4-11,26H,12-15H2,1-3H3. The highest BCUT2D eigenvalue weighted by atomic mass is 32.2. The summed E-state index contributed by atoms with van der Waals surface area (Å²) in [7, 11) is -4.11. The van der Waals surface area contributed by atoms with Crippen LogP contribution in [-0.4, -0.2) is 51.2 Å².